The molecule has 2 aromatic carbocycles. The van der Waals surface area contributed by atoms with E-state index < -0.39 is 28.9 Å². The zero-order valence-electron chi connectivity index (χ0n) is 20.6. The van der Waals surface area contributed by atoms with E-state index in [1.54, 1.807) is 24.5 Å². The zero-order chi connectivity index (χ0) is 26.9. The van der Waals surface area contributed by atoms with Gasteiger partial charge in [0.2, 0.25) is 11.8 Å². The van der Waals surface area contributed by atoms with Crippen molar-refractivity contribution in [3.63, 3.8) is 0 Å². The summed E-state index contributed by atoms with van der Waals surface area (Å²) < 4.78 is 36.5. The first kappa shape index (κ1) is 25.1. The third-order valence-electron chi connectivity index (χ3n) is 6.43. The molecular formula is C28H25F2N5O3. The molecule has 1 aliphatic carbocycles. The number of halogens is 2. The summed E-state index contributed by atoms with van der Waals surface area (Å²) in [5.74, 6) is -2.28. The monoisotopic (exact) mass is 517 g/mol. The van der Waals surface area contributed by atoms with Crippen molar-refractivity contribution in [3.05, 3.63) is 84.8 Å². The largest absolute Gasteiger partial charge is 0.454 e. The Morgan fingerprint density at radius 3 is 2.47 bits per heavy atom. The van der Waals surface area contributed by atoms with Gasteiger partial charge in [0.1, 0.15) is 17.0 Å². The van der Waals surface area contributed by atoms with Crippen molar-refractivity contribution >= 4 is 23.2 Å². The zero-order valence-corrected chi connectivity index (χ0v) is 20.6. The van der Waals surface area contributed by atoms with Gasteiger partial charge in [0.15, 0.2) is 11.6 Å². The van der Waals surface area contributed by atoms with Crippen LogP contribution in [0, 0.1) is 17.0 Å². The van der Waals surface area contributed by atoms with E-state index in [2.05, 4.69) is 17.0 Å². The summed E-state index contributed by atoms with van der Waals surface area (Å²) in [5, 5.41) is 4.31. The average Bonchev–Trinajstić information content (AvgIpc) is 3.60. The molecule has 2 aromatic heterocycles. The van der Waals surface area contributed by atoms with Crippen LogP contribution < -0.4 is 15.4 Å². The molecule has 10 heteroatoms. The Hall–Kier alpha value is -4.60. The number of pyridine rings is 1. The SMILES string of the molecule is CCCn1cc(-c2cc(Oc3ccc(N(C(=O)C4(C(N)=O)CC4)c4ccc(F)cc4)cc3F)ccn2)cn1. The van der Waals surface area contributed by atoms with Crippen molar-refractivity contribution in [1.29, 1.82) is 0 Å². The number of anilines is 2. The van der Waals surface area contributed by atoms with Gasteiger partial charge in [-0.3, -0.25) is 24.2 Å². The van der Waals surface area contributed by atoms with Crippen molar-refractivity contribution in [2.45, 2.75) is 32.7 Å². The average molecular weight is 518 g/mol. The van der Waals surface area contributed by atoms with E-state index >= 15 is 4.39 Å². The smallest absolute Gasteiger partial charge is 0.247 e. The Bertz CT molecular complexity index is 1500. The Morgan fingerprint density at radius 1 is 1.08 bits per heavy atom. The lowest BCUT2D eigenvalue weighted by Gasteiger charge is -2.26. The molecule has 2 N–H and O–H groups in total. The van der Waals surface area contributed by atoms with Gasteiger partial charge in [-0.15, -0.1) is 0 Å². The number of carbonyl (C=O) groups is 2. The molecule has 0 spiro atoms. The number of aryl methyl sites for hydroxylation is 1. The van der Waals surface area contributed by atoms with Crippen LogP contribution in [0.3, 0.4) is 0 Å². The highest BCUT2D eigenvalue weighted by Gasteiger charge is 2.57. The number of rotatable bonds is 9. The normalized spacial score (nSPS) is 13.7. The molecule has 5 rings (SSSR count). The quantitative estimate of drug-likeness (QED) is 0.301. The maximum absolute atomic E-state index is 15.3. The fraction of sp³-hybridized carbons (Fsp3) is 0.214. The summed E-state index contributed by atoms with van der Waals surface area (Å²) in [6.07, 6.45) is 6.68. The second-order valence-corrected chi connectivity index (χ2v) is 9.15. The van der Waals surface area contributed by atoms with Gasteiger partial charge in [-0.1, -0.05) is 6.92 Å². The fourth-order valence-corrected chi connectivity index (χ4v) is 4.20. The van der Waals surface area contributed by atoms with Gasteiger partial charge in [-0.05, 0) is 61.7 Å². The Kier molecular flexibility index (Phi) is 6.62. The topological polar surface area (TPSA) is 103 Å². The van der Waals surface area contributed by atoms with Crippen molar-refractivity contribution in [2.75, 3.05) is 4.90 Å². The van der Waals surface area contributed by atoms with Crippen LogP contribution in [0.2, 0.25) is 0 Å². The van der Waals surface area contributed by atoms with Crippen LogP contribution in [0.1, 0.15) is 26.2 Å². The van der Waals surface area contributed by atoms with Crippen LogP contribution in [0.5, 0.6) is 11.5 Å². The molecule has 4 aromatic rings. The summed E-state index contributed by atoms with van der Waals surface area (Å²) in [6.45, 7) is 2.84. The number of benzene rings is 2. The van der Waals surface area contributed by atoms with Crippen molar-refractivity contribution in [3.8, 4) is 22.8 Å². The van der Waals surface area contributed by atoms with Crippen LogP contribution in [-0.4, -0.2) is 26.6 Å². The van der Waals surface area contributed by atoms with Crippen molar-refractivity contribution in [2.24, 2.45) is 11.1 Å². The second kappa shape index (κ2) is 10.0. The Labute approximate surface area is 217 Å². The predicted octanol–water partition coefficient (Wildman–Crippen LogP) is 5.36. The number of hydrogen-bond donors (Lipinski definition) is 1. The molecule has 0 radical (unpaired) electrons. The lowest BCUT2D eigenvalue weighted by atomic mass is 10.0. The fourth-order valence-electron chi connectivity index (χ4n) is 4.20. The first-order chi connectivity index (χ1) is 18.3. The molecule has 0 aliphatic heterocycles. The highest BCUT2D eigenvalue weighted by Crippen LogP contribution is 2.49. The van der Waals surface area contributed by atoms with Gasteiger partial charge in [0.25, 0.3) is 0 Å². The summed E-state index contributed by atoms with van der Waals surface area (Å²) in [7, 11) is 0. The van der Waals surface area contributed by atoms with Gasteiger partial charge >= 0.3 is 0 Å². The van der Waals surface area contributed by atoms with Crippen LogP contribution >= 0.6 is 0 Å². The molecule has 1 aliphatic rings. The van der Waals surface area contributed by atoms with E-state index in [0.29, 0.717) is 24.3 Å². The molecular weight excluding hydrogens is 492 g/mol. The van der Waals surface area contributed by atoms with E-state index in [4.69, 9.17) is 10.5 Å². The molecule has 0 saturated heterocycles. The Balaban J connectivity index is 1.43. The lowest BCUT2D eigenvalue weighted by molar-refractivity contribution is -0.133. The van der Waals surface area contributed by atoms with Crippen molar-refractivity contribution < 1.29 is 23.1 Å². The number of primary amides is 1. The molecule has 2 heterocycles. The number of ether oxygens (including phenoxy) is 1. The van der Waals surface area contributed by atoms with Crippen LogP contribution in [-0.2, 0) is 16.1 Å². The molecule has 38 heavy (non-hydrogen) atoms. The molecule has 1 fully saturated rings. The summed E-state index contributed by atoms with van der Waals surface area (Å²) in [4.78, 5) is 31.0. The third kappa shape index (κ3) is 4.84. The minimum absolute atomic E-state index is 0.0740. The molecule has 2 amide bonds. The van der Waals surface area contributed by atoms with E-state index in [1.165, 1.54) is 41.3 Å². The first-order valence-corrected chi connectivity index (χ1v) is 12.2. The van der Waals surface area contributed by atoms with Gasteiger partial charge in [0.05, 0.1) is 17.6 Å². The van der Waals surface area contributed by atoms with Gasteiger partial charge in [-0.2, -0.15) is 5.10 Å². The number of amides is 2. The van der Waals surface area contributed by atoms with Crippen LogP contribution in [0.4, 0.5) is 20.2 Å². The molecule has 1 saturated carbocycles. The van der Waals surface area contributed by atoms with E-state index in [-0.39, 0.29) is 17.1 Å². The summed E-state index contributed by atoms with van der Waals surface area (Å²) in [6, 6.07) is 12.4. The molecule has 0 bridgehead atoms. The van der Waals surface area contributed by atoms with E-state index in [0.717, 1.165) is 24.6 Å². The van der Waals surface area contributed by atoms with E-state index in [9.17, 15) is 14.0 Å². The number of nitrogens with two attached hydrogens (primary N) is 1. The van der Waals surface area contributed by atoms with Gasteiger partial charge in [0, 0.05) is 42.3 Å². The molecule has 194 valence electrons. The predicted molar refractivity (Wildman–Crippen MR) is 137 cm³/mol. The number of carbonyl (C=O) groups excluding carboxylic acids is 2. The number of aromatic nitrogens is 3. The van der Waals surface area contributed by atoms with Crippen LogP contribution in [0.15, 0.2) is 73.2 Å². The summed E-state index contributed by atoms with van der Waals surface area (Å²) in [5.41, 5.74) is 6.00. The minimum atomic E-state index is -1.36. The minimum Gasteiger partial charge on any atom is -0.454 e. The highest BCUT2D eigenvalue weighted by atomic mass is 19.1. The second-order valence-electron chi connectivity index (χ2n) is 9.15. The third-order valence-corrected chi connectivity index (χ3v) is 6.43. The first-order valence-electron chi connectivity index (χ1n) is 12.2. The van der Waals surface area contributed by atoms with Gasteiger partial charge in [-0.25, -0.2) is 8.78 Å². The van der Waals surface area contributed by atoms with Crippen LogP contribution in [0.25, 0.3) is 11.3 Å². The van der Waals surface area contributed by atoms with E-state index in [1.807, 2.05) is 10.9 Å². The molecule has 0 atom stereocenters. The lowest BCUT2D eigenvalue weighted by Crippen LogP contribution is -2.41. The maximum atomic E-state index is 15.3. The Morgan fingerprint density at radius 2 is 1.82 bits per heavy atom. The standard InChI is InChI=1S/C28H25F2N5O3/c1-2-13-34-17-18(16-33-34)24-15-22(9-12-32-24)38-25-8-7-21(14-23(25)30)35(20-5-3-19(29)4-6-20)27(37)28(10-11-28)26(31)36/h3-9,12,14-17H,2,10-11,13H2,1H3,(H2,31,36). The van der Waals surface area contributed by atoms with Crippen molar-refractivity contribution in [1.82, 2.24) is 14.8 Å². The number of hydrogen-bond acceptors (Lipinski definition) is 5. The molecule has 8 nitrogen and oxygen atoms in total. The maximum Gasteiger partial charge on any atom is 0.247 e. The van der Waals surface area contributed by atoms with Gasteiger partial charge < -0.3 is 10.5 Å². The summed E-state index contributed by atoms with van der Waals surface area (Å²) >= 11 is 0. The molecule has 0 unspecified atom stereocenters. The highest BCUT2D eigenvalue weighted by molar-refractivity contribution is 6.16. The number of nitrogens with zero attached hydrogens (tertiary/aromatic N) is 4.